The molecule has 0 amide bonds. The molecule has 2 aliphatic heterocycles. The average Bonchev–Trinajstić information content (AvgIpc) is 2.88. The molecule has 7 nitrogen and oxygen atoms in total. The van der Waals surface area contributed by atoms with Gasteiger partial charge in [0.25, 0.3) is 10.2 Å². The van der Waals surface area contributed by atoms with Gasteiger partial charge in [-0.05, 0) is 12.0 Å². The maximum absolute atomic E-state index is 11.9. The number of hydrogen-bond acceptors (Lipinski definition) is 5. The normalized spacial score (nSPS) is 24.4. The van der Waals surface area contributed by atoms with Crippen molar-refractivity contribution in [1.82, 2.24) is 18.8 Å². The summed E-state index contributed by atoms with van der Waals surface area (Å²) in [6, 6.07) is 10.6. The number of piperazine rings is 1. The lowest BCUT2D eigenvalue weighted by atomic mass is 10.2. The van der Waals surface area contributed by atoms with Gasteiger partial charge in [0.1, 0.15) is 0 Å². The van der Waals surface area contributed by atoms with E-state index in [0.29, 0.717) is 13.1 Å². The molecule has 2 fully saturated rings. The number of nitrogens with one attached hydrogen (secondary N) is 1. The van der Waals surface area contributed by atoms with Crippen LogP contribution in [0.4, 0.5) is 0 Å². The fourth-order valence-electron chi connectivity index (χ4n) is 3.64. The Bertz CT molecular complexity index is 648. The second-order valence-electron chi connectivity index (χ2n) is 6.98. The molecule has 0 spiro atoms. The van der Waals surface area contributed by atoms with Gasteiger partial charge in [-0.1, -0.05) is 30.3 Å². The molecule has 0 bridgehead atoms. The highest BCUT2D eigenvalue weighted by atomic mass is 32.2. The third kappa shape index (κ3) is 5.48. The summed E-state index contributed by atoms with van der Waals surface area (Å²) in [4.78, 5) is 4.78. The molecule has 8 heteroatoms. The molecule has 2 heterocycles. The van der Waals surface area contributed by atoms with Crippen molar-refractivity contribution in [3.63, 3.8) is 0 Å². The van der Waals surface area contributed by atoms with Gasteiger partial charge < -0.3 is 4.74 Å². The lowest BCUT2D eigenvalue weighted by Gasteiger charge is -2.35. The summed E-state index contributed by atoms with van der Waals surface area (Å²) in [5, 5.41) is 0. The molecule has 0 radical (unpaired) electrons. The van der Waals surface area contributed by atoms with Crippen LogP contribution in [0, 0.1) is 0 Å². The van der Waals surface area contributed by atoms with Gasteiger partial charge in [0.2, 0.25) is 0 Å². The molecule has 0 aliphatic carbocycles. The molecule has 0 saturated carbocycles. The van der Waals surface area contributed by atoms with Gasteiger partial charge in [0.05, 0.1) is 6.10 Å². The Hall–Kier alpha value is -1.03. The van der Waals surface area contributed by atoms with Crippen molar-refractivity contribution in [3.05, 3.63) is 35.9 Å². The Kier molecular flexibility index (Phi) is 7.02. The molecule has 2 saturated heterocycles. The molecular weight excluding hydrogens is 352 g/mol. The molecule has 146 valence electrons. The largest absolute Gasteiger partial charge is 0.376 e. The van der Waals surface area contributed by atoms with E-state index >= 15 is 0 Å². The van der Waals surface area contributed by atoms with E-state index in [1.54, 1.807) is 0 Å². The van der Waals surface area contributed by atoms with Gasteiger partial charge in [0, 0.05) is 66.0 Å². The van der Waals surface area contributed by atoms with Crippen LogP contribution < -0.4 is 4.72 Å². The maximum Gasteiger partial charge on any atom is 0.279 e. The molecule has 3 rings (SSSR count). The Morgan fingerprint density at radius 1 is 1.08 bits per heavy atom. The van der Waals surface area contributed by atoms with E-state index < -0.39 is 10.2 Å². The number of rotatable bonds is 6. The van der Waals surface area contributed by atoms with Gasteiger partial charge >= 0.3 is 0 Å². The number of hydrogen-bond donors (Lipinski definition) is 1. The van der Waals surface area contributed by atoms with Crippen LogP contribution in [0.15, 0.2) is 30.3 Å². The Balaban J connectivity index is 1.50. The van der Waals surface area contributed by atoms with E-state index in [9.17, 15) is 8.42 Å². The molecular formula is C18H30N4O3S. The zero-order chi connectivity index (χ0) is 18.4. The molecule has 1 N–H and O–H groups in total. The van der Waals surface area contributed by atoms with Crippen LogP contribution in [0.5, 0.6) is 0 Å². The Labute approximate surface area is 157 Å². The minimum absolute atomic E-state index is 0.175. The van der Waals surface area contributed by atoms with Crippen molar-refractivity contribution in [3.8, 4) is 0 Å². The summed E-state index contributed by atoms with van der Waals surface area (Å²) < 4.78 is 33.7. The standard InChI is InChI=1S/C18H30N4O3S/c1-19-26(23,24)22-11-9-20(10-12-22)15-18-16-21(8-5-13-25-18)14-17-6-3-2-4-7-17/h2-4,6-7,18-19H,5,8-16H2,1H3. The topological polar surface area (TPSA) is 65.1 Å². The summed E-state index contributed by atoms with van der Waals surface area (Å²) in [5.41, 5.74) is 1.33. The SMILES string of the molecule is CNS(=O)(=O)N1CCN(CC2CN(Cc3ccccc3)CCCO2)CC1. The molecule has 26 heavy (non-hydrogen) atoms. The molecule has 1 aromatic rings. The van der Waals surface area contributed by atoms with Crippen LogP contribution in [0.3, 0.4) is 0 Å². The van der Waals surface area contributed by atoms with Crippen LogP contribution in [0.1, 0.15) is 12.0 Å². The van der Waals surface area contributed by atoms with Crippen LogP contribution in [0.25, 0.3) is 0 Å². The predicted octanol–water partition coefficient (Wildman–Crippen LogP) is 0.359. The van der Waals surface area contributed by atoms with Crippen molar-refractivity contribution in [1.29, 1.82) is 0 Å². The highest BCUT2D eigenvalue weighted by Gasteiger charge is 2.28. The summed E-state index contributed by atoms with van der Waals surface area (Å²) in [6.45, 7) is 7.15. The minimum atomic E-state index is -3.31. The fourth-order valence-corrected chi connectivity index (χ4v) is 4.54. The third-order valence-electron chi connectivity index (χ3n) is 5.07. The van der Waals surface area contributed by atoms with E-state index in [1.165, 1.54) is 16.9 Å². The van der Waals surface area contributed by atoms with Gasteiger partial charge in [-0.3, -0.25) is 9.80 Å². The second kappa shape index (κ2) is 9.25. The minimum Gasteiger partial charge on any atom is -0.376 e. The quantitative estimate of drug-likeness (QED) is 0.770. The van der Waals surface area contributed by atoms with Gasteiger partial charge in [-0.2, -0.15) is 12.7 Å². The van der Waals surface area contributed by atoms with Crippen LogP contribution in [-0.4, -0.2) is 88.1 Å². The predicted molar refractivity (Wildman–Crippen MR) is 102 cm³/mol. The first-order valence-corrected chi connectivity index (χ1v) is 10.8. The number of nitrogens with zero attached hydrogens (tertiary/aromatic N) is 3. The van der Waals surface area contributed by atoms with Gasteiger partial charge in [-0.25, -0.2) is 4.72 Å². The highest BCUT2D eigenvalue weighted by Crippen LogP contribution is 2.13. The van der Waals surface area contributed by atoms with Crippen LogP contribution in [-0.2, 0) is 21.5 Å². The first-order valence-electron chi connectivity index (χ1n) is 9.35. The van der Waals surface area contributed by atoms with E-state index in [0.717, 1.165) is 52.3 Å². The summed E-state index contributed by atoms with van der Waals surface area (Å²) in [7, 11) is -1.85. The molecule has 1 unspecified atom stereocenters. The lowest BCUT2D eigenvalue weighted by molar-refractivity contribution is 0.0190. The first-order chi connectivity index (χ1) is 12.6. The summed E-state index contributed by atoms with van der Waals surface area (Å²) >= 11 is 0. The highest BCUT2D eigenvalue weighted by molar-refractivity contribution is 7.87. The Morgan fingerprint density at radius 3 is 2.50 bits per heavy atom. The zero-order valence-corrected chi connectivity index (χ0v) is 16.3. The molecule has 2 aliphatic rings. The molecule has 1 aromatic carbocycles. The zero-order valence-electron chi connectivity index (χ0n) is 15.5. The van der Waals surface area contributed by atoms with Crippen molar-refractivity contribution in [2.24, 2.45) is 0 Å². The van der Waals surface area contributed by atoms with Crippen molar-refractivity contribution in [2.75, 3.05) is 59.5 Å². The van der Waals surface area contributed by atoms with Crippen molar-refractivity contribution < 1.29 is 13.2 Å². The Morgan fingerprint density at radius 2 is 1.81 bits per heavy atom. The van der Waals surface area contributed by atoms with E-state index in [4.69, 9.17) is 4.74 Å². The van der Waals surface area contributed by atoms with E-state index in [-0.39, 0.29) is 6.10 Å². The lowest BCUT2D eigenvalue weighted by Crippen LogP contribution is -2.53. The van der Waals surface area contributed by atoms with Crippen molar-refractivity contribution in [2.45, 2.75) is 19.1 Å². The third-order valence-corrected chi connectivity index (χ3v) is 6.63. The monoisotopic (exact) mass is 382 g/mol. The summed E-state index contributed by atoms with van der Waals surface area (Å²) in [6.07, 6.45) is 1.23. The second-order valence-corrected chi connectivity index (χ2v) is 8.85. The van der Waals surface area contributed by atoms with Crippen molar-refractivity contribution >= 4 is 10.2 Å². The van der Waals surface area contributed by atoms with Gasteiger partial charge in [-0.15, -0.1) is 0 Å². The van der Waals surface area contributed by atoms with Crippen LogP contribution in [0.2, 0.25) is 0 Å². The van der Waals surface area contributed by atoms with E-state index in [1.807, 2.05) is 6.07 Å². The van der Waals surface area contributed by atoms with Crippen LogP contribution >= 0.6 is 0 Å². The summed E-state index contributed by atoms with van der Waals surface area (Å²) in [5.74, 6) is 0. The van der Waals surface area contributed by atoms with Gasteiger partial charge in [0.15, 0.2) is 0 Å². The molecule has 0 aromatic heterocycles. The average molecular weight is 383 g/mol. The first kappa shape index (κ1) is 19.7. The molecule has 1 atom stereocenters. The number of ether oxygens (including phenoxy) is 1. The number of benzene rings is 1. The fraction of sp³-hybridized carbons (Fsp3) is 0.667. The maximum atomic E-state index is 11.9. The van der Waals surface area contributed by atoms with E-state index in [2.05, 4.69) is 38.8 Å². The smallest absolute Gasteiger partial charge is 0.279 e.